The Morgan fingerprint density at radius 3 is 2.69 bits per heavy atom. The predicted octanol–water partition coefficient (Wildman–Crippen LogP) is 1.79. The van der Waals surface area contributed by atoms with Crippen molar-refractivity contribution in [2.24, 2.45) is 0 Å². The number of hydrogen-bond donors (Lipinski definition) is 1. The van der Waals surface area contributed by atoms with Gasteiger partial charge in [0.25, 0.3) is 0 Å². The first-order valence-corrected chi connectivity index (χ1v) is 5.73. The Hall–Kier alpha value is -0.760. The summed E-state index contributed by atoms with van der Waals surface area (Å²) in [4.78, 5) is 3.93. The van der Waals surface area contributed by atoms with E-state index in [1.165, 1.54) is 0 Å². The van der Waals surface area contributed by atoms with Crippen LogP contribution in [-0.2, 0) is 12.2 Å². The van der Waals surface area contributed by atoms with Gasteiger partial charge in [0.05, 0.1) is 5.75 Å². The van der Waals surface area contributed by atoms with E-state index in [0.29, 0.717) is 18.1 Å². The van der Waals surface area contributed by atoms with Gasteiger partial charge in [0.2, 0.25) is 5.89 Å². The predicted molar refractivity (Wildman–Crippen MR) is 51.9 cm³/mol. The number of nitrogens with zero attached hydrogens (tertiary/aromatic N) is 2. The van der Waals surface area contributed by atoms with Crippen LogP contribution in [0.1, 0.15) is 18.6 Å². The second-order valence-corrected chi connectivity index (χ2v) is 4.06. The molecule has 4 nitrogen and oxygen atoms in total. The fourth-order valence-corrected chi connectivity index (χ4v) is 1.68. The number of aryl methyl sites for hydroxylation is 1. The third-order valence-electron chi connectivity index (χ3n) is 1.70. The molecule has 0 amide bonds. The molecule has 0 fully saturated rings. The van der Waals surface area contributed by atoms with Crippen LogP contribution < -0.4 is 0 Å². The molecule has 92 valence electrons. The SMILES string of the molecule is CCc1nc(CSC[C@H](O)C(F)(F)F)no1. The smallest absolute Gasteiger partial charge is 0.383 e. The Balaban J connectivity index is 2.30. The van der Waals surface area contributed by atoms with Crippen molar-refractivity contribution in [1.82, 2.24) is 10.1 Å². The molecule has 1 atom stereocenters. The highest BCUT2D eigenvalue weighted by Crippen LogP contribution is 2.23. The van der Waals surface area contributed by atoms with E-state index >= 15 is 0 Å². The number of rotatable bonds is 5. The summed E-state index contributed by atoms with van der Waals surface area (Å²) in [7, 11) is 0. The summed E-state index contributed by atoms with van der Waals surface area (Å²) in [5.41, 5.74) is 0. The second kappa shape index (κ2) is 5.53. The average molecular weight is 256 g/mol. The lowest BCUT2D eigenvalue weighted by molar-refractivity contribution is -0.195. The van der Waals surface area contributed by atoms with Crippen molar-refractivity contribution in [2.75, 3.05) is 5.75 Å². The number of alkyl halides is 3. The van der Waals surface area contributed by atoms with Gasteiger partial charge >= 0.3 is 6.18 Å². The average Bonchev–Trinajstić information content (AvgIpc) is 2.64. The third-order valence-corrected chi connectivity index (χ3v) is 2.71. The van der Waals surface area contributed by atoms with Crippen LogP contribution >= 0.6 is 11.8 Å². The van der Waals surface area contributed by atoms with E-state index in [-0.39, 0.29) is 5.75 Å². The molecule has 0 radical (unpaired) electrons. The number of aromatic nitrogens is 2. The van der Waals surface area contributed by atoms with E-state index in [1.54, 1.807) is 0 Å². The van der Waals surface area contributed by atoms with Crippen molar-refractivity contribution < 1.29 is 22.8 Å². The fourth-order valence-electron chi connectivity index (χ4n) is 0.849. The van der Waals surface area contributed by atoms with Crippen LogP contribution in [0.5, 0.6) is 0 Å². The second-order valence-electron chi connectivity index (χ2n) is 3.03. The largest absolute Gasteiger partial charge is 0.415 e. The van der Waals surface area contributed by atoms with Crippen LogP contribution in [0, 0.1) is 0 Å². The Bertz CT molecular complexity index is 329. The van der Waals surface area contributed by atoms with Gasteiger partial charge in [-0.1, -0.05) is 12.1 Å². The minimum Gasteiger partial charge on any atom is -0.383 e. The molecule has 0 bridgehead atoms. The normalized spacial score (nSPS) is 14.1. The third kappa shape index (κ3) is 4.01. The molecule has 16 heavy (non-hydrogen) atoms. The Morgan fingerprint density at radius 1 is 1.50 bits per heavy atom. The Labute approximate surface area is 94.2 Å². The van der Waals surface area contributed by atoms with E-state index in [4.69, 9.17) is 9.63 Å². The number of aliphatic hydroxyl groups is 1. The molecule has 0 aliphatic rings. The first-order chi connectivity index (χ1) is 7.43. The number of hydrogen-bond acceptors (Lipinski definition) is 5. The summed E-state index contributed by atoms with van der Waals surface area (Å²) in [6.45, 7) is 1.83. The van der Waals surface area contributed by atoms with Crippen molar-refractivity contribution in [2.45, 2.75) is 31.4 Å². The minimum atomic E-state index is -4.57. The lowest BCUT2D eigenvalue weighted by Crippen LogP contribution is -2.30. The van der Waals surface area contributed by atoms with Crippen molar-refractivity contribution in [3.8, 4) is 0 Å². The molecule has 0 saturated heterocycles. The molecule has 8 heteroatoms. The van der Waals surface area contributed by atoms with Crippen molar-refractivity contribution in [3.05, 3.63) is 11.7 Å². The van der Waals surface area contributed by atoms with Crippen LogP contribution in [0.2, 0.25) is 0 Å². The summed E-state index contributed by atoms with van der Waals surface area (Å²) >= 11 is 0.910. The molecule has 1 aromatic rings. The van der Waals surface area contributed by atoms with Gasteiger partial charge in [-0.25, -0.2) is 0 Å². The molecule has 0 aromatic carbocycles. The summed E-state index contributed by atoms with van der Waals surface area (Å²) in [5.74, 6) is 0.555. The van der Waals surface area contributed by atoms with Gasteiger partial charge in [0.15, 0.2) is 11.9 Å². The van der Waals surface area contributed by atoms with Gasteiger partial charge in [0.1, 0.15) is 0 Å². The minimum absolute atomic E-state index is 0.191. The molecule has 1 heterocycles. The molecular weight excluding hydrogens is 245 g/mol. The molecule has 1 aromatic heterocycles. The standard InChI is InChI=1S/C8H11F3N2O2S/c1-2-7-12-6(13-15-7)4-16-3-5(14)8(9,10)11/h5,14H,2-4H2,1H3/t5-/m0/s1. The zero-order valence-electron chi connectivity index (χ0n) is 8.49. The van der Waals surface area contributed by atoms with Gasteiger partial charge in [-0.05, 0) is 0 Å². The first-order valence-electron chi connectivity index (χ1n) is 4.57. The fraction of sp³-hybridized carbons (Fsp3) is 0.750. The highest BCUT2D eigenvalue weighted by atomic mass is 32.2. The van der Waals surface area contributed by atoms with Crippen LogP contribution in [-0.4, -0.2) is 33.3 Å². The van der Waals surface area contributed by atoms with Gasteiger partial charge in [-0.15, -0.1) is 0 Å². The maximum atomic E-state index is 11.9. The maximum Gasteiger partial charge on any atom is 0.415 e. The molecule has 0 aliphatic carbocycles. The van der Waals surface area contributed by atoms with Crippen LogP contribution in [0.3, 0.4) is 0 Å². The molecule has 1 rings (SSSR count). The van der Waals surface area contributed by atoms with Gasteiger partial charge in [-0.2, -0.15) is 29.9 Å². The number of thioether (sulfide) groups is 1. The maximum absolute atomic E-state index is 11.9. The number of aliphatic hydroxyl groups excluding tert-OH is 1. The highest BCUT2D eigenvalue weighted by molar-refractivity contribution is 7.98. The van der Waals surface area contributed by atoms with E-state index in [9.17, 15) is 13.2 Å². The highest BCUT2D eigenvalue weighted by Gasteiger charge is 2.37. The Morgan fingerprint density at radius 2 is 2.19 bits per heavy atom. The van der Waals surface area contributed by atoms with Crippen molar-refractivity contribution >= 4 is 11.8 Å². The van der Waals surface area contributed by atoms with E-state index < -0.39 is 18.0 Å². The van der Waals surface area contributed by atoms with Gasteiger partial charge in [-0.3, -0.25) is 0 Å². The summed E-state index contributed by atoms with van der Waals surface area (Å²) in [5, 5.41) is 12.3. The Kier molecular flexibility index (Phi) is 4.60. The lowest BCUT2D eigenvalue weighted by atomic mass is 10.4. The van der Waals surface area contributed by atoms with Crippen LogP contribution in [0.15, 0.2) is 4.52 Å². The lowest BCUT2D eigenvalue weighted by Gasteiger charge is -2.12. The summed E-state index contributed by atoms with van der Waals surface area (Å²) in [6.07, 6.45) is -6.29. The molecule has 1 N–H and O–H groups in total. The van der Waals surface area contributed by atoms with Crippen molar-refractivity contribution in [3.63, 3.8) is 0 Å². The van der Waals surface area contributed by atoms with Crippen LogP contribution in [0.25, 0.3) is 0 Å². The zero-order chi connectivity index (χ0) is 12.2. The van der Waals surface area contributed by atoms with Gasteiger partial charge in [0, 0.05) is 12.2 Å². The molecule has 0 aliphatic heterocycles. The van der Waals surface area contributed by atoms with E-state index in [2.05, 4.69) is 10.1 Å². The van der Waals surface area contributed by atoms with E-state index in [0.717, 1.165) is 11.8 Å². The van der Waals surface area contributed by atoms with Crippen LogP contribution in [0.4, 0.5) is 13.2 Å². The van der Waals surface area contributed by atoms with Crippen molar-refractivity contribution in [1.29, 1.82) is 0 Å². The summed E-state index contributed by atoms with van der Waals surface area (Å²) < 4.78 is 40.5. The molecule has 0 spiro atoms. The quantitative estimate of drug-likeness (QED) is 0.870. The monoisotopic (exact) mass is 256 g/mol. The first kappa shape index (κ1) is 13.3. The van der Waals surface area contributed by atoms with Gasteiger partial charge < -0.3 is 9.63 Å². The number of halogens is 3. The van der Waals surface area contributed by atoms with E-state index in [1.807, 2.05) is 6.92 Å². The zero-order valence-corrected chi connectivity index (χ0v) is 9.31. The topological polar surface area (TPSA) is 59.2 Å². The summed E-state index contributed by atoms with van der Waals surface area (Å²) in [6, 6.07) is 0. The molecular formula is C8H11F3N2O2S. The molecule has 0 unspecified atom stereocenters. The molecule has 0 saturated carbocycles.